The number of fused-ring (bicyclic) bond motifs is 5. The van der Waals surface area contributed by atoms with Gasteiger partial charge < -0.3 is 9.84 Å². The number of ether oxygens (including phenoxy) is 1. The van der Waals surface area contributed by atoms with Crippen LogP contribution in [-0.2, 0) is 14.3 Å². The van der Waals surface area contributed by atoms with Gasteiger partial charge in [-0.1, -0.05) is 13.8 Å². The summed E-state index contributed by atoms with van der Waals surface area (Å²) in [7, 11) is 0. The van der Waals surface area contributed by atoms with Gasteiger partial charge in [-0.3, -0.25) is 9.59 Å². The molecule has 1 N–H and O–H groups in total. The second-order valence-electron chi connectivity index (χ2n) is 9.81. The number of rotatable bonds is 1. The first-order valence-corrected chi connectivity index (χ1v) is 10.6. The molecule has 0 saturated heterocycles. The minimum absolute atomic E-state index is 0.182. The Hall–Kier alpha value is -0.610. The molecule has 4 aliphatic carbocycles. The van der Waals surface area contributed by atoms with E-state index in [1.165, 1.54) is 6.92 Å². The van der Waals surface area contributed by atoms with Crippen molar-refractivity contribution in [2.45, 2.75) is 89.2 Å². The van der Waals surface area contributed by atoms with E-state index in [2.05, 4.69) is 13.8 Å². The summed E-state index contributed by atoms with van der Waals surface area (Å²) in [6.45, 7) is 5.78. The highest BCUT2D eigenvalue weighted by Crippen LogP contribution is 2.67. The van der Waals surface area contributed by atoms with Gasteiger partial charge in [0.05, 0.1) is 11.0 Å². The van der Waals surface area contributed by atoms with Gasteiger partial charge in [0.15, 0.2) is 0 Å². The Morgan fingerprint density at radius 1 is 1.19 bits per heavy atom. The molecule has 0 aromatic heterocycles. The molecule has 0 aromatic rings. The van der Waals surface area contributed by atoms with Crippen LogP contribution in [0.5, 0.6) is 0 Å². The van der Waals surface area contributed by atoms with Gasteiger partial charge in [-0.2, -0.15) is 0 Å². The molecule has 0 unspecified atom stereocenters. The number of carbonyl (C=O) groups is 2. The lowest BCUT2D eigenvalue weighted by Crippen LogP contribution is -2.67. The lowest BCUT2D eigenvalue weighted by molar-refractivity contribution is -0.219. The number of carbonyl (C=O) groups excluding carboxylic acids is 2. The van der Waals surface area contributed by atoms with E-state index in [0.717, 1.165) is 38.5 Å². The highest BCUT2D eigenvalue weighted by molar-refractivity contribution is 6.21. The quantitative estimate of drug-likeness (QED) is 0.552. The Bertz CT molecular complexity index is 636. The maximum atomic E-state index is 12.5. The minimum Gasteiger partial charge on any atom is -0.462 e. The zero-order valence-electron chi connectivity index (χ0n) is 16.1. The summed E-state index contributed by atoms with van der Waals surface area (Å²) < 4.78 is 5.43. The van der Waals surface area contributed by atoms with Gasteiger partial charge in [0.1, 0.15) is 11.9 Å². The fourth-order valence-corrected chi connectivity index (χ4v) is 7.84. The Morgan fingerprint density at radius 2 is 1.92 bits per heavy atom. The van der Waals surface area contributed by atoms with Gasteiger partial charge in [0, 0.05) is 30.6 Å². The first kappa shape index (κ1) is 18.7. The number of alkyl halides is 1. The molecule has 8 atom stereocenters. The number of Topliss-reactive ketones (excluding diaryl/α,β-unsaturated/α-hetero) is 1. The van der Waals surface area contributed by atoms with Crippen LogP contribution in [0.4, 0.5) is 0 Å². The Balaban J connectivity index is 1.65. The van der Waals surface area contributed by atoms with Crippen LogP contribution in [-0.4, -0.2) is 33.9 Å². The lowest BCUT2D eigenvalue weighted by atomic mass is 9.43. The van der Waals surface area contributed by atoms with Crippen molar-refractivity contribution in [2.75, 3.05) is 0 Å². The molecular formula is C21H31ClO4. The van der Waals surface area contributed by atoms with Crippen LogP contribution in [0.3, 0.4) is 0 Å². The molecule has 0 aliphatic heterocycles. The fraction of sp³-hybridized carbons (Fsp3) is 0.905. The molecule has 26 heavy (non-hydrogen) atoms. The summed E-state index contributed by atoms with van der Waals surface area (Å²) in [5.74, 6) is 1.35. The molecular weight excluding hydrogens is 352 g/mol. The summed E-state index contributed by atoms with van der Waals surface area (Å²) in [5.41, 5.74) is -1.46. The topological polar surface area (TPSA) is 63.6 Å². The first-order chi connectivity index (χ1) is 12.1. The predicted molar refractivity (Wildman–Crippen MR) is 98.8 cm³/mol. The third kappa shape index (κ3) is 2.37. The fourth-order valence-electron chi connectivity index (χ4n) is 7.30. The maximum Gasteiger partial charge on any atom is 0.302 e. The van der Waals surface area contributed by atoms with Crippen LogP contribution >= 0.6 is 11.6 Å². The average Bonchev–Trinajstić information content (AvgIpc) is 2.86. The Labute approximate surface area is 161 Å². The molecule has 4 fully saturated rings. The second-order valence-corrected chi connectivity index (χ2v) is 10.3. The van der Waals surface area contributed by atoms with Crippen molar-refractivity contribution in [3.8, 4) is 0 Å². The molecule has 0 radical (unpaired) electrons. The van der Waals surface area contributed by atoms with Crippen LogP contribution < -0.4 is 0 Å². The van der Waals surface area contributed by atoms with E-state index in [9.17, 15) is 14.7 Å². The van der Waals surface area contributed by atoms with Crippen LogP contribution in [0, 0.1) is 28.6 Å². The van der Waals surface area contributed by atoms with Gasteiger partial charge in [-0.15, -0.1) is 11.6 Å². The first-order valence-electron chi connectivity index (χ1n) is 10.2. The van der Waals surface area contributed by atoms with Crippen molar-refractivity contribution < 1.29 is 19.4 Å². The monoisotopic (exact) mass is 382 g/mol. The molecule has 146 valence electrons. The maximum absolute atomic E-state index is 12.5. The SMILES string of the molecule is CC(=O)O[C@@H]1CC[C@]2(C)[C@@H]3CC[C@]4(C)C(=O)CC[C@@H]4[C@H]3C[C@H](Cl)[C@@]2(O)C1. The average molecular weight is 383 g/mol. The summed E-state index contributed by atoms with van der Waals surface area (Å²) in [5, 5.41) is 11.4. The number of hydrogen-bond donors (Lipinski definition) is 1. The van der Waals surface area contributed by atoms with Crippen LogP contribution in [0.25, 0.3) is 0 Å². The van der Waals surface area contributed by atoms with Crippen molar-refractivity contribution in [3.63, 3.8) is 0 Å². The molecule has 0 bridgehead atoms. The minimum atomic E-state index is -1.01. The van der Waals surface area contributed by atoms with E-state index in [-0.39, 0.29) is 28.3 Å². The number of hydrogen-bond acceptors (Lipinski definition) is 4. The molecule has 0 spiro atoms. The van der Waals surface area contributed by atoms with Gasteiger partial charge in [0.25, 0.3) is 0 Å². The smallest absolute Gasteiger partial charge is 0.302 e. The summed E-state index contributed by atoms with van der Waals surface area (Å²) in [6.07, 6.45) is 6.16. The third-order valence-corrected chi connectivity index (χ3v) is 9.35. The highest BCUT2D eigenvalue weighted by atomic mass is 35.5. The molecule has 4 nitrogen and oxygen atoms in total. The summed E-state index contributed by atoms with van der Waals surface area (Å²) >= 11 is 6.84. The van der Waals surface area contributed by atoms with E-state index in [1.807, 2.05) is 0 Å². The van der Waals surface area contributed by atoms with E-state index >= 15 is 0 Å². The normalized spacial score (nSPS) is 53.4. The molecule has 0 aromatic carbocycles. The van der Waals surface area contributed by atoms with E-state index < -0.39 is 5.60 Å². The van der Waals surface area contributed by atoms with E-state index in [1.54, 1.807) is 0 Å². The van der Waals surface area contributed by atoms with Crippen molar-refractivity contribution >= 4 is 23.4 Å². The summed E-state index contributed by atoms with van der Waals surface area (Å²) in [6, 6.07) is 0. The number of ketones is 1. The van der Waals surface area contributed by atoms with Gasteiger partial charge in [-0.05, 0) is 56.3 Å². The number of aliphatic hydroxyl groups is 1. The standard InChI is InChI=1S/C21H31ClO4/c1-12(23)26-13-6-9-20(3)16-7-8-19(2)15(4-5-18(19)24)14(16)10-17(22)21(20,25)11-13/h13-17,25H,4-11H2,1-3H3/t13-,14-,15-,16-,17+,19+,20-,21+/m1/s1. The van der Waals surface area contributed by atoms with Crippen molar-refractivity contribution in [2.24, 2.45) is 28.6 Å². The largest absolute Gasteiger partial charge is 0.462 e. The molecule has 5 heteroatoms. The Morgan fingerprint density at radius 3 is 2.62 bits per heavy atom. The number of esters is 1. The molecule has 4 aliphatic rings. The molecule has 4 saturated carbocycles. The van der Waals surface area contributed by atoms with E-state index in [0.29, 0.717) is 36.4 Å². The third-order valence-electron chi connectivity index (χ3n) is 8.81. The van der Waals surface area contributed by atoms with Crippen molar-refractivity contribution in [3.05, 3.63) is 0 Å². The van der Waals surface area contributed by atoms with Crippen LogP contribution in [0.2, 0.25) is 0 Å². The van der Waals surface area contributed by atoms with E-state index in [4.69, 9.17) is 16.3 Å². The molecule has 4 rings (SSSR count). The van der Waals surface area contributed by atoms with Gasteiger partial charge in [-0.25, -0.2) is 0 Å². The lowest BCUT2D eigenvalue weighted by Gasteiger charge is -2.64. The second kappa shape index (κ2) is 5.94. The Kier molecular flexibility index (Phi) is 4.28. The summed E-state index contributed by atoms with van der Waals surface area (Å²) in [4.78, 5) is 23.9. The van der Waals surface area contributed by atoms with Crippen LogP contribution in [0.15, 0.2) is 0 Å². The zero-order valence-corrected chi connectivity index (χ0v) is 16.8. The number of halogens is 1. The van der Waals surface area contributed by atoms with Crippen molar-refractivity contribution in [1.29, 1.82) is 0 Å². The predicted octanol–water partition coefficient (Wildman–Crippen LogP) is 3.86. The zero-order chi connectivity index (χ0) is 18.9. The molecule has 0 amide bonds. The van der Waals surface area contributed by atoms with Gasteiger partial charge >= 0.3 is 5.97 Å². The molecule has 0 heterocycles. The van der Waals surface area contributed by atoms with Crippen LogP contribution in [0.1, 0.15) is 72.1 Å². The van der Waals surface area contributed by atoms with Crippen molar-refractivity contribution in [1.82, 2.24) is 0 Å². The highest BCUT2D eigenvalue weighted by Gasteiger charge is 2.67. The van der Waals surface area contributed by atoms with Gasteiger partial charge in [0.2, 0.25) is 0 Å².